The maximum Gasteiger partial charge on any atom is 0.203 e. The highest BCUT2D eigenvalue weighted by molar-refractivity contribution is 6.01. The number of benzene rings is 1. The predicted molar refractivity (Wildman–Crippen MR) is 71.5 cm³/mol. The van der Waals surface area contributed by atoms with Crippen molar-refractivity contribution in [3.63, 3.8) is 0 Å². The van der Waals surface area contributed by atoms with Gasteiger partial charge in [0.2, 0.25) is 5.75 Å². The van der Waals surface area contributed by atoms with E-state index in [-0.39, 0.29) is 11.8 Å². The van der Waals surface area contributed by atoms with Gasteiger partial charge < -0.3 is 19.5 Å². The van der Waals surface area contributed by atoms with E-state index in [0.29, 0.717) is 22.8 Å². The molecule has 1 aliphatic heterocycles. The second-order valence-electron chi connectivity index (χ2n) is 4.43. The van der Waals surface area contributed by atoms with Gasteiger partial charge in [0.15, 0.2) is 17.3 Å². The molecule has 1 N–H and O–H groups in total. The Bertz CT molecular complexity index is 442. The molecule has 1 aliphatic rings. The lowest BCUT2D eigenvalue weighted by atomic mass is 10.0. The number of ether oxygens (including phenoxy) is 3. The first-order valence-electron chi connectivity index (χ1n) is 6.29. The summed E-state index contributed by atoms with van der Waals surface area (Å²) in [6, 6.07) is 3.29. The third-order valence-corrected chi connectivity index (χ3v) is 3.33. The van der Waals surface area contributed by atoms with Gasteiger partial charge in [0.05, 0.1) is 27.4 Å². The molecule has 1 saturated heterocycles. The highest BCUT2D eigenvalue weighted by atomic mass is 16.5. The Labute approximate surface area is 112 Å². The summed E-state index contributed by atoms with van der Waals surface area (Å²) in [5.41, 5.74) is 0.578. The molecule has 0 aliphatic carbocycles. The van der Waals surface area contributed by atoms with Crippen molar-refractivity contribution >= 4 is 5.78 Å². The maximum absolute atomic E-state index is 12.4. The van der Waals surface area contributed by atoms with Crippen LogP contribution in [0.25, 0.3) is 0 Å². The Morgan fingerprint density at radius 3 is 2.21 bits per heavy atom. The first-order valence-corrected chi connectivity index (χ1v) is 6.29. The van der Waals surface area contributed by atoms with Crippen molar-refractivity contribution in [2.75, 3.05) is 27.9 Å². The second kappa shape index (κ2) is 5.93. The molecule has 1 aromatic rings. The smallest absolute Gasteiger partial charge is 0.203 e. The van der Waals surface area contributed by atoms with Gasteiger partial charge in [-0.1, -0.05) is 0 Å². The van der Waals surface area contributed by atoms with Crippen LogP contribution in [0.15, 0.2) is 12.1 Å². The van der Waals surface area contributed by atoms with Gasteiger partial charge in [0, 0.05) is 5.56 Å². The number of rotatable bonds is 5. The van der Waals surface area contributed by atoms with Gasteiger partial charge >= 0.3 is 0 Å². The molecule has 0 saturated carbocycles. The Kier molecular flexibility index (Phi) is 4.27. The highest BCUT2D eigenvalue weighted by Crippen LogP contribution is 2.38. The van der Waals surface area contributed by atoms with Crippen LogP contribution in [0, 0.1) is 0 Å². The third kappa shape index (κ3) is 2.66. The zero-order valence-electron chi connectivity index (χ0n) is 11.5. The summed E-state index contributed by atoms with van der Waals surface area (Å²) in [5.74, 6) is 1.57. The average molecular weight is 265 g/mol. The summed E-state index contributed by atoms with van der Waals surface area (Å²) in [7, 11) is 4.62. The standard InChI is InChI=1S/C14H19NO4/c1-17-11-7-9(8-12(18-2)14(11)19-3)13(16)10-5-4-6-15-10/h7-8,10,15H,4-6H2,1-3H3. The molecule has 5 nitrogen and oxygen atoms in total. The number of Topliss-reactive ketones (excluding diaryl/α,β-unsaturated/α-hetero) is 1. The lowest BCUT2D eigenvalue weighted by Gasteiger charge is -2.15. The van der Waals surface area contributed by atoms with E-state index in [4.69, 9.17) is 14.2 Å². The molecule has 0 spiro atoms. The normalized spacial score (nSPS) is 18.2. The van der Waals surface area contributed by atoms with Crippen molar-refractivity contribution in [3.8, 4) is 17.2 Å². The summed E-state index contributed by atoms with van der Waals surface area (Å²) >= 11 is 0. The summed E-state index contributed by atoms with van der Waals surface area (Å²) < 4.78 is 15.8. The van der Waals surface area contributed by atoms with Crippen molar-refractivity contribution < 1.29 is 19.0 Å². The van der Waals surface area contributed by atoms with E-state index >= 15 is 0 Å². The van der Waals surface area contributed by atoms with Gasteiger partial charge in [0.25, 0.3) is 0 Å². The fourth-order valence-electron chi connectivity index (χ4n) is 2.33. The molecule has 0 radical (unpaired) electrons. The number of ketones is 1. The highest BCUT2D eigenvalue weighted by Gasteiger charge is 2.25. The number of hydrogen-bond acceptors (Lipinski definition) is 5. The molecule has 2 rings (SSSR count). The van der Waals surface area contributed by atoms with E-state index in [1.54, 1.807) is 33.5 Å². The lowest BCUT2D eigenvalue weighted by molar-refractivity contribution is 0.0951. The van der Waals surface area contributed by atoms with E-state index in [2.05, 4.69) is 5.32 Å². The molecule has 0 aromatic heterocycles. The topological polar surface area (TPSA) is 56.8 Å². The number of carbonyl (C=O) groups excluding carboxylic acids is 1. The largest absolute Gasteiger partial charge is 0.493 e. The Morgan fingerprint density at radius 1 is 1.16 bits per heavy atom. The summed E-state index contributed by atoms with van der Waals surface area (Å²) in [5, 5.41) is 3.20. The van der Waals surface area contributed by atoms with Gasteiger partial charge in [-0.3, -0.25) is 4.79 Å². The molecule has 104 valence electrons. The summed E-state index contributed by atoms with van der Waals surface area (Å²) in [4.78, 5) is 12.4. The van der Waals surface area contributed by atoms with Crippen molar-refractivity contribution in [3.05, 3.63) is 17.7 Å². The van der Waals surface area contributed by atoms with Crippen LogP contribution in [0.4, 0.5) is 0 Å². The fourth-order valence-corrected chi connectivity index (χ4v) is 2.33. The first kappa shape index (κ1) is 13.7. The molecule has 1 unspecified atom stereocenters. The monoisotopic (exact) mass is 265 g/mol. The lowest BCUT2D eigenvalue weighted by Crippen LogP contribution is -2.30. The zero-order chi connectivity index (χ0) is 13.8. The molecule has 1 heterocycles. The van der Waals surface area contributed by atoms with E-state index in [1.165, 1.54) is 0 Å². The van der Waals surface area contributed by atoms with Gasteiger partial charge in [-0.15, -0.1) is 0 Å². The van der Waals surface area contributed by atoms with Crippen molar-refractivity contribution in [1.82, 2.24) is 5.32 Å². The van der Waals surface area contributed by atoms with Crippen LogP contribution in [-0.2, 0) is 0 Å². The second-order valence-corrected chi connectivity index (χ2v) is 4.43. The molecular formula is C14H19NO4. The number of carbonyl (C=O) groups is 1. The van der Waals surface area contributed by atoms with Gasteiger partial charge in [-0.2, -0.15) is 0 Å². The summed E-state index contributed by atoms with van der Waals surface area (Å²) in [6.07, 6.45) is 1.90. The third-order valence-electron chi connectivity index (χ3n) is 3.33. The fraction of sp³-hybridized carbons (Fsp3) is 0.500. The van der Waals surface area contributed by atoms with Crippen molar-refractivity contribution in [1.29, 1.82) is 0 Å². The van der Waals surface area contributed by atoms with Gasteiger partial charge in [0.1, 0.15) is 0 Å². The van der Waals surface area contributed by atoms with Crippen LogP contribution < -0.4 is 19.5 Å². The summed E-state index contributed by atoms with van der Waals surface area (Å²) in [6.45, 7) is 0.890. The Balaban J connectivity index is 2.37. The molecule has 1 atom stereocenters. The van der Waals surface area contributed by atoms with Crippen LogP contribution in [0.3, 0.4) is 0 Å². The number of methoxy groups -OCH3 is 3. The molecule has 0 bridgehead atoms. The molecule has 1 fully saturated rings. The average Bonchev–Trinajstić information content (AvgIpc) is 2.98. The minimum absolute atomic E-state index is 0.0664. The minimum atomic E-state index is -0.109. The van der Waals surface area contributed by atoms with Crippen LogP contribution in [0.2, 0.25) is 0 Å². The first-order chi connectivity index (χ1) is 9.21. The van der Waals surface area contributed by atoms with Crippen LogP contribution >= 0.6 is 0 Å². The van der Waals surface area contributed by atoms with Crippen LogP contribution in [0.5, 0.6) is 17.2 Å². The van der Waals surface area contributed by atoms with Crippen molar-refractivity contribution in [2.45, 2.75) is 18.9 Å². The SMILES string of the molecule is COc1cc(C(=O)C2CCCN2)cc(OC)c1OC. The number of hydrogen-bond donors (Lipinski definition) is 1. The van der Waals surface area contributed by atoms with Gasteiger partial charge in [-0.25, -0.2) is 0 Å². The van der Waals surface area contributed by atoms with E-state index < -0.39 is 0 Å². The molecular weight excluding hydrogens is 246 g/mol. The Morgan fingerprint density at radius 2 is 1.79 bits per heavy atom. The molecule has 5 heteroatoms. The molecule has 1 aromatic carbocycles. The zero-order valence-corrected chi connectivity index (χ0v) is 11.5. The van der Waals surface area contributed by atoms with Gasteiger partial charge in [-0.05, 0) is 31.5 Å². The van der Waals surface area contributed by atoms with Crippen molar-refractivity contribution in [2.24, 2.45) is 0 Å². The maximum atomic E-state index is 12.4. The predicted octanol–water partition coefficient (Wildman–Crippen LogP) is 1.65. The van der Waals surface area contributed by atoms with E-state index in [1.807, 2.05) is 0 Å². The molecule has 0 amide bonds. The Hall–Kier alpha value is -1.75. The molecule has 19 heavy (non-hydrogen) atoms. The van der Waals surface area contributed by atoms with Crippen LogP contribution in [-0.4, -0.2) is 39.7 Å². The van der Waals surface area contributed by atoms with Crippen LogP contribution in [0.1, 0.15) is 23.2 Å². The quantitative estimate of drug-likeness (QED) is 0.820. The van der Waals surface area contributed by atoms with E-state index in [0.717, 1.165) is 19.4 Å². The van der Waals surface area contributed by atoms with E-state index in [9.17, 15) is 4.79 Å². The minimum Gasteiger partial charge on any atom is -0.493 e. The number of nitrogens with one attached hydrogen (secondary N) is 1.